The molecule has 4 heteroatoms. The summed E-state index contributed by atoms with van der Waals surface area (Å²) in [6.45, 7) is 8.94. The van der Waals surface area contributed by atoms with Crippen LogP contribution in [0, 0.1) is 6.92 Å². The molecule has 1 aliphatic rings. The maximum Gasteiger partial charge on any atom is 0.0594 e. The maximum atomic E-state index is 5.58. The Morgan fingerprint density at radius 2 is 1.74 bits per heavy atom. The van der Waals surface area contributed by atoms with E-state index in [-0.39, 0.29) is 0 Å². The monoisotopic (exact) mass is 363 g/mol. The number of hydrogen-bond acceptors (Lipinski definition) is 3. The van der Waals surface area contributed by atoms with Gasteiger partial charge in [-0.3, -0.25) is 4.90 Å². The van der Waals surface area contributed by atoms with Crippen molar-refractivity contribution in [2.24, 2.45) is 0 Å². The van der Waals surface area contributed by atoms with Crippen LogP contribution >= 0.6 is 0 Å². The van der Waals surface area contributed by atoms with Crippen molar-refractivity contribution in [3.63, 3.8) is 0 Å². The third-order valence-electron chi connectivity index (χ3n) is 5.68. The quantitative estimate of drug-likeness (QED) is 0.695. The van der Waals surface area contributed by atoms with Crippen molar-refractivity contribution < 1.29 is 4.74 Å². The van der Waals surface area contributed by atoms with E-state index in [1.807, 2.05) is 0 Å². The van der Waals surface area contributed by atoms with Gasteiger partial charge in [0.2, 0.25) is 0 Å². The summed E-state index contributed by atoms with van der Waals surface area (Å²) in [4.78, 5) is 6.06. The van der Waals surface area contributed by atoms with Gasteiger partial charge in [0.15, 0.2) is 0 Å². The van der Waals surface area contributed by atoms with Crippen molar-refractivity contribution >= 4 is 10.9 Å². The fraction of sp³-hybridized carbons (Fsp3) is 0.391. The number of para-hydroxylation sites is 1. The molecule has 0 unspecified atom stereocenters. The van der Waals surface area contributed by atoms with Gasteiger partial charge in [0.1, 0.15) is 0 Å². The second-order valence-electron chi connectivity index (χ2n) is 7.45. The van der Waals surface area contributed by atoms with Crippen LogP contribution in [0.1, 0.15) is 29.8 Å². The van der Waals surface area contributed by atoms with Gasteiger partial charge in [-0.1, -0.05) is 48.5 Å². The van der Waals surface area contributed by atoms with Gasteiger partial charge in [-0.15, -0.1) is 0 Å². The number of rotatable bonds is 6. The number of ether oxygens (including phenoxy) is 1. The van der Waals surface area contributed by atoms with Crippen LogP contribution in [0.3, 0.4) is 0 Å². The first-order valence-corrected chi connectivity index (χ1v) is 9.90. The van der Waals surface area contributed by atoms with E-state index >= 15 is 0 Å². The lowest BCUT2D eigenvalue weighted by Crippen LogP contribution is -2.46. The Balaban J connectivity index is 1.54. The van der Waals surface area contributed by atoms with E-state index in [2.05, 4.69) is 83.6 Å². The van der Waals surface area contributed by atoms with Gasteiger partial charge in [-0.25, -0.2) is 0 Å². The molecule has 4 nitrogen and oxygen atoms in total. The number of benzene rings is 2. The number of H-pyrrole nitrogens is 1. The molecule has 2 heterocycles. The molecule has 27 heavy (non-hydrogen) atoms. The number of nitrogens with one attached hydrogen (secondary N) is 2. The van der Waals surface area contributed by atoms with Crippen LogP contribution in [0.4, 0.5) is 0 Å². The molecule has 0 spiro atoms. The third-order valence-corrected chi connectivity index (χ3v) is 5.68. The first-order chi connectivity index (χ1) is 13.2. The molecule has 1 fully saturated rings. The zero-order valence-electron chi connectivity index (χ0n) is 16.2. The van der Waals surface area contributed by atoms with E-state index in [4.69, 9.17) is 4.74 Å². The molecule has 0 amide bonds. The van der Waals surface area contributed by atoms with Gasteiger partial charge in [0, 0.05) is 42.3 Å². The highest BCUT2D eigenvalue weighted by molar-refractivity contribution is 5.84. The van der Waals surface area contributed by atoms with Gasteiger partial charge >= 0.3 is 0 Å². The summed E-state index contributed by atoms with van der Waals surface area (Å²) in [5, 5.41) is 5.13. The van der Waals surface area contributed by atoms with Gasteiger partial charge in [-0.2, -0.15) is 0 Å². The van der Waals surface area contributed by atoms with Crippen LogP contribution in [-0.2, 0) is 11.3 Å². The predicted octanol–water partition coefficient (Wildman–Crippen LogP) is 4.03. The largest absolute Gasteiger partial charge is 0.379 e. The molecule has 0 radical (unpaired) electrons. The lowest BCUT2D eigenvalue weighted by Gasteiger charge is -2.38. The van der Waals surface area contributed by atoms with Crippen LogP contribution in [0.5, 0.6) is 0 Å². The van der Waals surface area contributed by atoms with Crippen LogP contribution in [0.2, 0.25) is 0 Å². The summed E-state index contributed by atoms with van der Waals surface area (Å²) in [5.41, 5.74) is 5.20. The molecule has 2 N–H and O–H groups in total. The summed E-state index contributed by atoms with van der Waals surface area (Å²) in [7, 11) is 0. The number of nitrogens with zero attached hydrogens (tertiary/aromatic N) is 1. The normalized spacial score (nSPS) is 17.9. The Hall–Kier alpha value is -2.14. The zero-order valence-corrected chi connectivity index (χ0v) is 16.2. The molecule has 2 aromatic carbocycles. The molecule has 142 valence electrons. The standard InChI is InChI=1S/C23H29N3O/c1-17-21(20-10-6-7-11-22(20)25-17)16-24-18(2)23(19-8-4-3-5-9-19)26-12-14-27-15-13-26/h3-11,18,23-25H,12-16H2,1-2H3/t18-,23+/m1/s1. The number of aromatic nitrogens is 1. The highest BCUT2D eigenvalue weighted by Crippen LogP contribution is 2.27. The lowest BCUT2D eigenvalue weighted by atomic mass is 9.97. The van der Waals surface area contributed by atoms with Crippen LogP contribution < -0.4 is 5.32 Å². The Morgan fingerprint density at radius 1 is 1.04 bits per heavy atom. The molecule has 1 aromatic heterocycles. The van der Waals surface area contributed by atoms with E-state index in [0.717, 1.165) is 32.8 Å². The van der Waals surface area contributed by atoms with Crippen LogP contribution in [0.15, 0.2) is 54.6 Å². The molecule has 0 aliphatic carbocycles. The summed E-state index contributed by atoms with van der Waals surface area (Å²) < 4.78 is 5.58. The molecule has 0 bridgehead atoms. The molecule has 2 atom stereocenters. The highest BCUT2D eigenvalue weighted by atomic mass is 16.5. The minimum atomic E-state index is 0.332. The first-order valence-electron chi connectivity index (χ1n) is 9.90. The van der Waals surface area contributed by atoms with E-state index in [1.54, 1.807) is 0 Å². The first kappa shape index (κ1) is 18.2. The SMILES string of the molecule is Cc1[nH]c2ccccc2c1CN[C@H](C)[C@@H](c1ccccc1)N1CCOCC1. The third kappa shape index (κ3) is 3.93. The zero-order chi connectivity index (χ0) is 18.6. The highest BCUT2D eigenvalue weighted by Gasteiger charge is 2.27. The summed E-state index contributed by atoms with van der Waals surface area (Å²) in [5.74, 6) is 0. The molecule has 0 saturated carbocycles. The number of fused-ring (bicyclic) bond motifs is 1. The number of hydrogen-bond donors (Lipinski definition) is 2. The van der Waals surface area contributed by atoms with Crippen molar-refractivity contribution in [2.45, 2.75) is 32.5 Å². The van der Waals surface area contributed by atoms with Crippen molar-refractivity contribution in [3.05, 3.63) is 71.4 Å². The van der Waals surface area contributed by atoms with Crippen LogP contribution in [-0.4, -0.2) is 42.2 Å². The number of morpholine rings is 1. The summed E-state index contributed by atoms with van der Waals surface area (Å²) in [6, 6.07) is 20.1. The Morgan fingerprint density at radius 3 is 2.52 bits per heavy atom. The minimum Gasteiger partial charge on any atom is -0.379 e. The van der Waals surface area contributed by atoms with Crippen molar-refractivity contribution in [3.8, 4) is 0 Å². The fourth-order valence-corrected chi connectivity index (χ4v) is 4.26. The van der Waals surface area contributed by atoms with Crippen molar-refractivity contribution in [1.29, 1.82) is 0 Å². The average Bonchev–Trinajstić information content (AvgIpc) is 3.03. The Labute approximate surface area is 161 Å². The van der Waals surface area contributed by atoms with Crippen LogP contribution in [0.25, 0.3) is 10.9 Å². The second kappa shape index (κ2) is 8.26. The maximum absolute atomic E-state index is 5.58. The van der Waals surface area contributed by atoms with E-state index in [0.29, 0.717) is 12.1 Å². The van der Waals surface area contributed by atoms with Gasteiger partial charge in [0.25, 0.3) is 0 Å². The molecular formula is C23H29N3O. The smallest absolute Gasteiger partial charge is 0.0594 e. The topological polar surface area (TPSA) is 40.3 Å². The van der Waals surface area contributed by atoms with Gasteiger partial charge in [-0.05, 0) is 31.0 Å². The average molecular weight is 364 g/mol. The van der Waals surface area contributed by atoms with Gasteiger partial charge < -0.3 is 15.0 Å². The van der Waals surface area contributed by atoms with E-state index in [9.17, 15) is 0 Å². The number of aromatic amines is 1. The molecule has 1 aliphatic heterocycles. The van der Waals surface area contributed by atoms with E-state index < -0.39 is 0 Å². The summed E-state index contributed by atoms with van der Waals surface area (Å²) in [6.07, 6.45) is 0. The lowest BCUT2D eigenvalue weighted by molar-refractivity contribution is 0.00855. The molecule has 1 saturated heterocycles. The fourth-order valence-electron chi connectivity index (χ4n) is 4.26. The minimum absolute atomic E-state index is 0.332. The van der Waals surface area contributed by atoms with Crippen molar-refractivity contribution in [2.75, 3.05) is 26.3 Å². The van der Waals surface area contributed by atoms with E-state index in [1.165, 1.54) is 27.7 Å². The summed E-state index contributed by atoms with van der Waals surface area (Å²) >= 11 is 0. The Bertz CT molecular complexity index is 868. The van der Waals surface area contributed by atoms with Crippen molar-refractivity contribution in [1.82, 2.24) is 15.2 Å². The molecular weight excluding hydrogens is 334 g/mol. The number of aryl methyl sites for hydroxylation is 1. The predicted molar refractivity (Wildman–Crippen MR) is 111 cm³/mol. The van der Waals surface area contributed by atoms with Gasteiger partial charge in [0.05, 0.1) is 19.3 Å². The molecule has 4 rings (SSSR count). The Kier molecular flexibility index (Phi) is 5.58. The molecule has 3 aromatic rings. The second-order valence-corrected chi connectivity index (χ2v) is 7.45.